The van der Waals surface area contributed by atoms with Crippen LogP contribution < -0.4 is 10.1 Å². The number of halogens is 1. The van der Waals surface area contributed by atoms with Gasteiger partial charge in [-0.05, 0) is 34.7 Å². The van der Waals surface area contributed by atoms with Gasteiger partial charge in [0.15, 0.2) is 0 Å². The molecule has 3 N–H and O–H groups in total. The van der Waals surface area contributed by atoms with Crippen molar-refractivity contribution in [3.63, 3.8) is 0 Å². The zero-order valence-electron chi connectivity index (χ0n) is 9.18. The smallest absolute Gasteiger partial charge is 0.323 e. The molecule has 0 amide bonds. The van der Waals surface area contributed by atoms with Crippen LogP contribution in [0.1, 0.15) is 5.56 Å². The van der Waals surface area contributed by atoms with Crippen molar-refractivity contribution in [3.05, 3.63) is 21.4 Å². The minimum Gasteiger partial charge on any atom is -0.481 e. The molecule has 0 saturated carbocycles. The third-order valence-electron chi connectivity index (χ3n) is 2.12. The van der Waals surface area contributed by atoms with Crippen LogP contribution in [-0.2, 0) is 11.3 Å². The van der Waals surface area contributed by atoms with Crippen molar-refractivity contribution in [1.82, 2.24) is 10.3 Å². The van der Waals surface area contributed by atoms with E-state index < -0.39 is 18.6 Å². The van der Waals surface area contributed by atoms with Crippen LogP contribution in [0.15, 0.2) is 12.1 Å². The zero-order valence-corrected chi connectivity index (χ0v) is 11.3. The number of aliphatic hydroxyl groups excluding tert-OH is 1. The molecule has 0 aliphatic rings. The summed E-state index contributed by atoms with van der Waals surface area (Å²) in [6.45, 7) is -0.194. The molecule has 94 valence electrons. The van der Waals surface area contributed by atoms with Gasteiger partial charge in [-0.2, -0.15) is 0 Å². The predicted molar refractivity (Wildman–Crippen MR) is 68.9 cm³/mol. The van der Waals surface area contributed by atoms with E-state index >= 15 is 0 Å². The standard InChI is InChI=1S/C10H13IN2O4/c1-17-9-6(2-3-8(11)13-9)4-12-7(5-14)10(15)16/h2-3,7,12,14H,4-5H2,1H3,(H,15,16)/t7-/m1/s1. The molecule has 0 spiro atoms. The number of carbonyl (C=O) groups is 1. The van der Waals surface area contributed by atoms with Crippen LogP contribution in [0.2, 0.25) is 0 Å². The van der Waals surface area contributed by atoms with Gasteiger partial charge >= 0.3 is 5.97 Å². The highest BCUT2D eigenvalue weighted by atomic mass is 127. The summed E-state index contributed by atoms with van der Waals surface area (Å²) in [5.74, 6) is -0.642. The number of hydrogen-bond donors (Lipinski definition) is 3. The Morgan fingerprint density at radius 2 is 2.35 bits per heavy atom. The predicted octanol–water partition coefficient (Wildman–Crippen LogP) is 0.230. The van der Waals surface area contributed by atoms with E-state index in [1.54, 1.807) is 12.1 Å². The summed E-state index contributed by atoms with van der Waals surface area (Å²) in [6, 6.07) is 2.62. The molecule has 0 aromatic carbocycles. The normalized spacial score (nSPS) is 12.2. The molecule has 6 nitrogen and oxygen atoms in total. The molecule has 0 saturated heterocycles. The molecule has 7 heteroatoms. The van der Waals surface area contributed by atoms with Gasteiger partial charge in [0, 0.05) is 12.1 Å². The van der Waals surface area contributed by atoms with E-state index in [0.717, 1.165) is 9.26 Å². The summed E-state index contributed by atoms with van der Waals surface area (Å²) in [6.07, 6.45) is 0. The number of methoxy groups -OCH3 is 1. The molecule has 0 aliphatic carbocycles. The first kappa shape index (κ1) is 14.1. The van der Waals surface area contributed by atoms with Crippen LogP contribution in [0.3, 0.4) is 0 Å². The SMILES string of the molecule is COc1nc(I)ccc1CN[C@H](CO)C(=O)O. The number of ether oxygens (including phenoxy) is 1. The van der Waals surface area contributed by atoms with Gasteiger partial charge in [0.1, 0.15) is 9.74 Å². The van der Waals surface area contributed by atoms with Crippen molar-refractivity contribution < 1.29 is 19.7 Å². The van der Waals surface area contributed by atoms with Crippen LogP contribution in [-0.4, -0.2) is 40.9 Å². The minimum atomic E-state index is -1.09. The third kappa shape index (κ3) is 4.10. The summed E-state index contributed by atoms with van der Waals surface area (Å²) in [4.78, 5) is 14.8. The number of pyridine rings is 1. The molecule has 0 unspecified atom stereocenters. The van der Waals surface area contributed by atoms with Crippen molar-refractivity contribution in [3.8, 4) is 5.88 Å². The molecule has 0 fully saturated rings. The summed E-state index contributed by atoms with van der Waals surface area (Å²) < 4.78 is 5.88. The van der Waals surface area contributed by atoms with Crippen LogP contribution >= 0.6 is 22.6 Å². The van der Waals surface area contributed by atoms with Crippen molar-refractivity contribution in [2.45, 2.75) is 12.6 Å². The Kier molecular flexibility index (Phi) is 5.59. The summed E-state index contributed by atoms with van der Waals surface area (Å²) >= 11 is 2.06. The monoisotopic (exact) mass is 352 g/mol. The molecule has 1 atom stereocenters. The largest absolute Gasteiger partial charge is 0.481 e. The molecule has 1 aromatic heterocycles. The number of rotatable bonds is 6. The maximum atomic E-state index is 10.7. The Labute approximate surface area is 112 Å². The zero-order chi connectivity index (χ0) is 12.8. The molecule has 0 bridgehead atoms. The lowest BCUT2D eigenvalue weighted by atomic mass is 10.2. The van der Waals surface area contributed by atoms with Crippen molar-refractivity contribution in [2.75, 3.05) is 13.7 Å². The number of nitrogens with one attached hydrogen (secondary N) is 1. The second-order valence-corrected chi connectivity index (χ2v) is 4.36. The quantitative estimate of drug-likeness (QED) is 0.502. The second kappa shape index (κ2) is 6.72. The molecule has 1 aromatic rings. The topological polar surface area (TPSA) is 91.7 Å². The van der Waals surface area contributed by atoms with Crippen molar-refractivity contribution in [1.29, 1.82) is 0 Å². The minimum absolute atomic E-state index is 0.268. The average Bonchev–Trinajstić information content (AvgIpc) is 2.31. The number of aliphatic carboxylic acids is 1. The van der Waals surface area contributed by atoms with E-state index in [2.05, 4.69) is 32.9 Å². The molecule has 1 rings (SSSR count). The van der Waals surface area contributed by atoms with Gasteiger partial charge in [-0.1, -0.05) is 0 Å². The third-order valence-corrected chi connectivity index (χ3v) is 2.72. The van der Waals surface area contributed by atoms with Gasteiger partial charge < -0.3 is 14.9 Å². The number of aromatic nitrogens is 1. The Bertz CT molecular complexity index is 400. The van der Waals surface area contributed by atoms with E-state index in [1.165, 1.54) is 7.11 Å². The summed E-state index contributed by atoms with van der Waals surface area (Å²) in [7, 11) is 1.50. The number of nitrogens with zero attached hydrogens (tertiary/aromatic N) is 1. The fraction of sp³-hybridized carbons (Fsp3) is 0.400. The van der Waals surface area contributed by atoms with Crippen LogP contribution in [0.25, 0.3) is 0 Å². The lowest BCUT2D eigenvalue weighted by molar-refractivity contribution is -0.140. The lowest BCUT2D eigenvalue weighted by Gasteiger charge is -2.13. The van der Waals surface area contributed by atoms with E-state index in [4.69, 9.17) is 14.9 Å². The van der Waals surface area contributed by atoms with E-state index in [1.807, 2.05) is 0 Å². The average molecular weight is 352 g/mol. The van der Waals surface area contributed by atoms with E-state index in [0.29, 0.717) is 5.88 Å². The summed E-state index contributed by atoms with van der Waals surface area (Å²) in [5, 5.41) is 20.3. The fourth-order valence-electron chi connectivity index (χ4n) is 1.22. The Morgan fingerprint density at radius 3 is 2.88 bits per heavy atom. The molecular formula is C10H13IN2O4. The van der Waals surface area contributed by atoms with Gasteiger partial charge in [-0.3, -0.25) is 10.1 Å². The number of carboxylic acid groups (broad SMARTS) is 1. The Morgan fingerprint density at radius 1 is 1.65 bits per heavy atom. The van der Waals surface area contributed by atoms with Crippen molar-refractivity contribution in [2.24, 2.45) is 0 Å². The highest BCUT2D eigenvalue weighted by molar-refractivity contribution is 14.1. The van der Waals surface area contributed by atoms with Gasteiger partial charge in [0.25, 0.3) is 0 Å². The lowest BCUT2D eigenvalue weighted by Crippen LogP contribution is -2.39. The number of aliphatic hydroxyl groups is 1. The second-order valence-electron chi connectivity index (χ2n) is 3.26. The van der Waals surface area contributed by atoms with Crippen LogP contribution in [0, 0.1) is 3.70 Å². The first-order valence-corrected chi connectivity index (χ1v) is 5.92. The van der Waals surface area contributed by atoms with Gasteiger partial charge in [-0.25, -0.2) is 4.98 Å². The highest BCUT2D eigenvalue weighted by Gasteiger charge is 2.16. The number of hydrogen-bond acceptors (Lipinski definition) is 5. The van der Waals surface area contributed by atoms with Crippen molar-refractivity contribution >= 4 is 28.6 Å². The van der Waals surface area contributed by atoms with Gasteiger partial charge in [0.2, 0.25) is 5.88 Å². The molecule has 0 aliphatic heterocycles. The fourth-order valence-corrected chi connectivity index (χ4v) is 1.62. The maximum Gasteiger partial charge on any atom is 0.323 e. The Hall–Kier alpha value is -0.930. The van der Waals surface area contributed by atoms with Gasteiger partial charge in [-0.15, -0.1) is 0 Å². The molecule has 1 heterocycles. The highest BCUT2D eigenvalue weighted by Crippen LogP contribution is 2.16. The first-order chi connectivity index (χ1) is 8.08. The molecular weight excluding hydrogens is 339 g/mol. The van der Waals surface area contributed by atoms with Gasteiger partial charge in [0.05, 0.1) is 13.7 Å². The number of carboxylic acids is 1. The maximum absolute atomic E-state index is 10.7. The van der Waals surface area contributed by atoms with E-state index in [9.17, 15) is 4.79 Å². The summed E-state index contributed by atoms with van der Waals surface area (Å²) in [5.41, 5.74) is 0.743. The first-order valence-electron chi connectivity index (χ1n) is 4.85. The van der Waals surface area contributed by atoms with Crippen LogP contribution in [0.4, 0.5) is 0 Å². The van der Waals surface area contributed by atoms with Crippen LogP contribution in [0.5, 0.6) is 5.88 Å². The van der Waals surface area contributed by atoms with E-state index in [-0.39, 0.29) is 6.54 Å². The molecule has 17 heavy (non-hydrogen) atoms. The molecule has 0 radical (unpaired) electrons. The Balaban J connectivity index is 2.71.